The van der Waals surface area contributed by atoms with Gasteiger partial charge in [-0.1, -0.05) is 27.7 Å². The number of aliphatic hydroxyl groups excluding tert-OH is 1. The van der Waals surface area contributed by atoms with E-state index >= 15 is 0 Å². The van der Waals surface area contributed by atoms with Crippen molar-refractivity contribution in [2.24, 2.45) is 17.8 Å². The topological polar surface area (TPSA) is 150 Å². The van der Waals surface area contributed by atoms with Gasteiger partial charge in [-0.25, -0.2) is 0 Å². The van der Waals surface area contributed by atoms with Gasteiger partial charge in [0.2, 0.25) is 0 Å². The molecule has 266 valence electrons. The van der Waals surface area contributed by atoms with Gasteiger partial charge in [-0.2, -0.15) is 0 Å². The summed E-state index contributed by atoms with van der Waals surface area (Å²) in [5.74, 6) is -1.61. The van der Waals surface area contributed by atoms with E-state index in [2.05, 4.69) is 19.2 Å². The van der Waals surface area contributed by atoms with Gasteiger partial charge in [0.25, 0.3) is 0 Å². The zero-order valence-electron chi connectivity index (χ0n) is 30.1. The van der Waals surface area contributed by atoms with E-state index in [0.29, 0.717) is 25.8 Å². The molecule has 0 saturated carbocycles. The number of aliphatic hydroxyl groups is 4. The number of methoxy groups -OCH3 is 1. The molecule has 2 saturated heterocycles. The number of rotatable bonds is 8. The second-order valence-corrected chi connectivity index (χ2v) is 15.0. The maximum Gasteiger partial charge on any atom is 0.311 e. The number of likely N-dealkylation sites (N-methyl/N-ethyl adjacent to an activating group) is 1. The average molecular weight is 647 g/mol. The molecule has 11 heteroatoms. The molecule has 0 spiro atoms. The predicted molar refractivity (Wildman–Crippen MR) is 174 cm³/mol. The van der Waals surface area contributed by atoms with Gasteiger partial charge in [0.15, 0.2) is 6.29 Å². The van der Waals surface area contributed by atoms with Gasteiger partial charge in [0, 0.05) is 32.7 Å². The van der Waals surface area contributed by atoms with E-state index in [-0.39, 0.29) is 24.8 Å². The largest absolute Gasteiger partial charge is 0.459 e. The highest BCUT2D eigenvalue weighted by Gasteiger charge is 2.57. The van der Waals surface area contributed by atoms with Gasteiger partial charge in [-0.15, -0.1) is 0 Å². The minimum atomic E-state index is -1.72. The summed E-state index contributed by atoms with van der Waals surface area (Å²) in [5, 5.41) is 49.5. The monoisotopic (exact) mass is 646 g/mol. The van der Waals surface area contributed by atoms with Crippen molar-refractivity contribution in [2.45, 2.75) is 160 Å². The molecule has 2 rings (SSSR count). The molecule has 0 aromatic rings. The second-order valence-electron chi connectivity index (χ2n) is 15.0. The van der Waals surface area contributed by atoms with E-state index in [1.54, 1.807) is 27.9 Å². The highest BCUT2D eigenvalue weighted by atomic mass is 16.7. The Balaban J connectivity index is 2.47. The average Bonchev–Trinajstić information content (AvgIpc) is 2.94. The summed E-state index contributed by atoms with van der Waals surface area (Å²) in [4.78, 5) is 15.8. The molecule has 0 unspecified atom stereocenters. The second kappa shape index (κ2) is 16.0. The summed E-state index contributed by atoms with van der Waals surface area (Å²) in [6.45, 7) is 20.0. The molecule has 2 fully saturated rings. The van der Waals surface area contributed by atoms with Crippen LogP contribution in [0.3, 0.4) is 0 Å². The SMILES string of the molecule is CCCNC[C@@]1(O)[C@H](C)O[C@@H](O[C@H]2[C@H](C)C[C@](C)(O)C[C@@H](C)CN(C)[C@H](C)[C@@H](O)[C@](C)(O)[C@@H](CC)OC(=O)[C@@H]2C)C[C@@]1(C)OC. The van der Waals surface area contributed by atoms with Crippen LogP contribution in [0.25, 0.3) is 0 Å². The molecule has 0 bridgehead atoms. The van der Waals surface area contributed by atoms with Crippen molar-refractivity contribution in [3.8, 4) is 0 Å². The minimum Gasteiger partial charge on any atom is -0.459 e. The number of ether oxygens (including phenoxy) is 4. The summed E-state index contributed by atoms with van der Waals surface area (Å²) < 4.78 is 24.8. The molecule has 11 nitrogen and oxygen atoms in total. The fraction of sp³-hybridized carbons (Fsp3) is 0.971. The maximum absolute atomic E-state index is 13.8. The van der Waals surface area contributed by atoms with Crippen molar-refractivity contribution in [2.75, 3.05) is 33.8 Å². The molecule has 0 aliphatic carbocycles. The number of hydrogen-bond donors (Lipinski definition) is 5. The lowest BCUT2D eigenvalue weighted by Gasteiger charge is -2.53. The number of nitrogens with one attached hydrogen (secondary N) is 1. The minimum absolute atomic E-state index is 0.0718. The lowest BCUT2D eigenvalue weighted by atomic mass is 9.75. The smallest absolute Gasteiger partial charge is 0.311 e. The first kappa shape index (κ1) is 40.3. The lowest BCUT2D eigenvalue weighted by molar-refractivity contribution is -0.328. The molecule has 0 radical (unpaired) electrons. The van der Waals surface area contributed by atoms with Crippen LogP contribution in [0.2, 0.25) is 0 Å². The maximum atomic E-state index is 13.8. The zero-order chi connectivity index (χ0) is 34.5. The number of carbonyl (C=O) groups excluding carboxylic acids is 1. The molecule has 2 aliphatic rings. The molecule has 0 aromatic heterocycles. The molecule has 0 aromatic carbocycles. The highest BCUT2D eigenvalue weighted by Crippen LogP contribution is 2.42. The van der Waals surface area contributed by atoms with Crippen molar-refractivity contribution in [1.82, 2.24) is 10.2 Å². The molecule has 2 heterocycles. The third kappa shape index (κ3) is 9.38. The summed E-state index contributed by atoms with van der Waals surface area (Å²) >= 11 is 0. The van der Waals surface area contributed by atoms with Crippen LogP contribution in [0.5, 0.6) is 0 Å². The van der Waals surface area contributed by atoms with Gasteiger partial charge in [0.1, 0.15) is 29.0 Å². The van der Waals surface area contributed by atoms with Crippen LogP contribution in [0, 0.1) is 17.8 Å². The van der Waals surface area contributed by atoms with Gasteiger partial charge in [-0.3, -0.25) is 4.79 Å². The van der Waals surface area contributed by atoms with Crippen LogP contribution in [0.15, 0.2) is 0 Å². The Morgan fingerprint density at radius 1 is 1.02 bits per heavy atom. The number of cyclic esters (lactones) is 1. The van der Waals surface area contributed by atoms with Crippen molar-refractivity contribution < 1.29 is 44.2 Å². The summed E-state index contributed by atoms with van der Waals surface area (Å²) in [5.41, 5.74) is -5.14. The summed E-state index contributed by atoms with van der Waals surface area (Å²) in [7, 11) is 3.45. The van der Waals surface area contributed by atoms with Crippen molar-refractivity contribution >= 4 is 5.97 Å². The fourth-order valence-electron chi connectivity index (χ4n) is 7.64. The molecular weight excluding hydrogens is 580 g/mol. The Morgan fingerprint density at radius 2 is 1.64 bits per heavy atom. The predicted octanol–water partition coefficient (Wildman–Crippen LogP) is 2.85. The van der Waals surface area contributed by atoms with Crippen LogP contribution in [-0.4, -0.2) is 124 Å². The van der Waals surface area contributed by atoms with Crippen molar-refractivity contribution in [1.29, 1.82) is 0 Å². The Kier molecular flexibility index (Phi) is 14.3. The van der Waals surface area contributed by atoms with Crippen molar-refractivity contribution in [3.05, 3.63) is 0 Å². The number of carbonyl (C=O) groups is 1. The standard InChI is InChI=1S/C34H66N2O9/c1-13-15-35-20-34(41)25(7)43-27(18-32(34,9)42-12)45-28-22(4)17-31(8,39)16-21(3)19-36(11)24(6)29(37)33(10,40)26(14-2)44-30(38)23(28)5/h21-29,35,37,39-41H,13-20H2,1-12H3/t21-,22-,23-,24-,25+,26-,27+,28+,29-,31-,32-,33-,34-/m1/s1. The van der Waals surface area contributed by atoms with E-state index in [1.165, 1.54) is 6.92 Å². The van der Waals surface area contributed by atoms with Gasteiger partial charge >= 0.3 is 5.97 Å². The third-order valence-corrected chi connectivity index (χ3v) is 10.7. The first-order valence-corrected chi connectivity index (χ1v) is 17.0. The normalized spacial score (nSPS) is 46.7. The summed E-state index contributed by atoms with van der Waals surface area (Å²) in [6, 6.07) is -0.436. The quantitative estimate of drug-likeness (QED) is 0.196. The number of hydrogen-bond acceptors (Lipinski definition) is 11. The first-order chi connectivity index (χ1) is 20.7. The molecular formula is C34H66N2O9. The van der Waals surface area contributed by atoms with Crippen LogP contribution < -0.4 is 5.32 Å². The van der Waals surface area contributed by atoms with Crippen LogP contribution in [-0.2, 0) is 23.7 Å². The molecule has 2 aliphatic heterocycles. The van der Waals surface area contributed by atoms with E-state index < -0.39 is 71.0 Å². The van der Waals surface area contributed by atoms with E-state index in [9.17, 15) is 25.2 Å². The fourth-order valence-corrected chi connectivity index (χ4v) is 7.64. The van der Waals surface area contributed by atoms with E-state index in [0.717, 1.165) is 13.0 Å². The lowest BCUT2D eigenvalue weighted by Crippen LogP contribution is -2.70. The zero-order valence-corrected chi connectivity index (χ0v) is 30.1. The highest BCUT2D eigenvalue weighted by molar-refractivity contribution is 5.73. The van der Waals surface area contributed by atoms with Crippen LogP contribution in [0.4, 0.5) is 0 Å². The number of esters is 1. The van der Waals surface area contributed by atoms with Gasteiger partial charge in [-0.05, 0) is 92.7 Å². The van der Waals surface area contributed by atoms with Crippen LogP contribution >= 0.6 is 0 Å². The van der Waals surface area contributed by atoms with E-state index in [1.807, 2.05) is 39.6 Å². The Bertz CT molecular complexity index is 935. The molecule has 0 amide bonds. The Hall–Kier alpha value is -0.890. The van der Waals surface area contributed by atoms with Crippen LogP contribution in [0.1, 0.15) is 101 Å². The molecule has 45 heavy (non-hydrogen) atoms. The van der Waals surface area contributed by atoms with E-state index in [4.69, 9.17) is 18.9 Å². The number of nitrogens with zero attached hydrogens (tertiary/aromatic N) is 1. The molecule has 5 N–H and O–H groups in total. The third-order valence-electron chi connectivity index (χ3n) is 10.7. The summed E-state index contributed by atoms with van der Waals surface area (Å²) in [6.07, 6.45) is -2.11. The first-order valence-electron chi connectivity index (χ1n) is 17.0. The van der Waals surface area contributed by atoms with Gasteiger partial charge in [0.05, 0.1) is 23.7 Å². The molecule has 13 atom stereocenters. The Morgan fingerprint density at radius 3 is 2.20 bits per heavy atom. The Labute approximate surface area is 272 Å². The van der Waals surface area contributed by atoms with Gasteiger partial charge < -0.3 is 49.6 Å². The van der Waals surface area contributed by atoms with Crippen molar-refractivity contribution in [3.63, 3.8) is 0 Å².